The first-order chi connectivity index (χ1) is 7.42. The summed E-state index contributed by atoms with van der Waals surface area (Å²) in [4.78, 5) is 11.9. The number of rotatable bonds is 1. The van der Waals surface area contributed by atoms with Crippen LogP contribution in [0.2, 0.25) is 0 Å². The maximum atomic E-state index is 12.1. The van der Waals surface area contributed by atoms with Crippen LogP contribution in [0.3, 0.4) is 0 Å². The van der Waals surface area contributed by atoms with Crippen molar-refractivity contribution < 1.29 is 360 Å². The van der Waals surface area contributed by atoms with Gasteiger partial charge in [0.05, 0.1) is 6.20 Å². The summed E-state index contributed by atoms with van der Waals surface area (Å²) in [6.07, 6.45) is 4.35. The van der Waals surface area contributed by atoms with Crippen molar-refractivity contribution in [2.75, 3.05) is 0 Å². The second-order valence-electron chi connectivity index (χ2n) is 2.08. The van der Waals surface area contributed by atoms with Gasteiger partial charge in [0.1, 0.15) is 6.33 Å². The Morgan fingerprint density at radius 3 is 1.86 bits per heavy atom. The Kier molecular flexibility index (Phi) is 98.4. The van der Waals surface area contributed by atoms with E-state index in [0.29, 0.717) is 23.2 Å². The molecular weight excluding hydrogens is 720 g/mol. The Labute approximate surface area is 431 Å². The third-order valence-corrected chi connectivity index (χ3v) is 1.43. The zero-order valence-corrected chi connectivity index (χ0v) is 46.0. The van der Waals surface area contributed by atoms with Gasteiger partial charge in [-0.05, 0) is 0 Å². The monoisotopic (exact) mass is 738 g/mol. The third-order valence-electron chi connectivity index (χ3n) is 1.43. The molecule has 94 valence electrons. The molecule has 0 aliphatic carbocycles. The van der Waals surface area contributed by atoms with E-state index in [2.05, 4.69) is 15.0 Å². The molecule has 0 fully saturated rings. The van der Waals surface area contributed by atoms with Gasteiger partial charge in [-0.3, -0.25) is 0 Å². The summed E-state index contributed by atoms with van der Waals surface area (Å²) in [6, 6.07) is 0. The first-order valence-electron chi connectivity index (χ1n) is 5.06. The fraction of sp³-hybridized carbons (Fsp3) is 0.364. The summed E-state index contributed by atoms with van der Waals surface area (Å²) < 4.78 is 12.1. The van der Waals surface area contributed by atoms with Gasteiger partial charge in [-0.15, -0.1) is 0 Å². The minimum atomic E-state index is 0. The molecule has 0 aromatic carbocycles. The van der Waals surface area contributed by atoms with Crippen LogP contribution in [0.4, 0.5) is 15.9 Å². The topological polar surface area (TPSA) is 42.6 Å². The van der Waals surface area contributed by atoms with Crippen LogP contribution in [0.25, 0.3) is 0 Å². The van der Waals surface area contributed by atoms with Crippen LogP contribution < -0.4 is 354 Å². The Morgan fingerprint density at radius 2 is 1.45 bits per heavy atom. The molecule has 4 nitrogen and oxygen atoms in total. The Bertz CT molecular complexity index is 326. The van der Waals surface area contributed by atoms with Gasteiger partial charge in [0.15, 0.2) is 12.0 Å². The second-order valence-corrected chi connectivity index (χ2v) is 2.08. The van der Waals surface area contributed by atoms with Crippen molar-refractivity contribution in [1.29, 1.82) is 0 Å². The van der Waals surface area contributed by atoms with E-state index in [1.165, 1.54) is 12.7 Å². The van der Waals surface area contributed by atoms with Crippen LogP contribution in [-0.4, -0.2) is 16.3 Å². The van der Waals surface area contributed by atoms with Crippen LogP contribution in [0.1, 0.15) is 29.1 Å². The van der Waals surface area contributed by atoms with Crippen molar-refractivity contribution in [3.8, 4) is 0 Å². The van der Waals surface area contributed by atoms with Crippen LogP contribution in [0.15, 0.2) is 17.5 Å². The number of nitrogens with zero attached hydrogens (tertiary/aromatic N) is 3. The normalized spacial score (nSPS) is 10.7. The van der Waals surface area contributed by atoms with Gasteiger partial charge in [0.25, 0.3) is 0 Å². The van der Waals surface area contributed by atoms with Crippen LogP contribution >= 0.6 is 0 Å². The average molecular weight is 741 g/mol. The predicted molar refractivity (Wildman–Crippen MR) is 66.4 cm³/mol. The molecule has 1 unspecified atom stereocenters. The van der Waals surface area contributed by atoms with Crippen molar-refractivity contribution in [2.45, 2.75) is 27.7 Å². The SMILES string of the molecule is CC.CC.F[CH-][NH+]1C=Nc2cncnc21.[CH3-].[H-].[Rb+].[Rb+].[Rb+].[Rb+].[Rb+].[Rb+]. The number of aromatic nitrogens is 2. The molecule has 2 rings (SSSR count). The Balaban J connectivity index is -0.0000000219. The Morgan fingerprint density at radius 1 is 1.00 bits per heavy atom. The van der Waals surface area contributed by atoms with E-state index in [4.69, 9.17) is 0 Å². The average Bonchev–Trinajstić information content (AvgIpc) is 2.77. The first-order valence-corrected chi connectivity index (χ1v) is 5.06. The molecule has 0 amide bonds. The third kappa shape index (κ3) is 24.1. The molecule has 0 spiro atoms. The molecule has 1 N–H and O–H groups in total. The molecule has 22 heavy (non-hydrogen) atoms. The van der Waals surface area contributed by atoms with E-state index in [9.17, 15) is 4.39 Å². The van der Waals surface area contributed by atoms with Gasteiger partial charge in [-0.2, -0.15) is 9.98 Å². The number of nitrogens with one attached hydrogen (secondary N) is 1. The van der Waals surface area contributed by atoms with E-state index in [0.717, 1.165) is 0 Å². The van der Waals surface area contributed by atoms with Gasteiger partial charge in [0, 0.05) is 6.80 Å². The fourth-order valence-corrected chi connectivity index (χ4v) is 0.919. The first kappa shape index (κ1) is 53.0. The number of halogens is 1. The van der Waals surface area contributed by atoms with Crippen molar-refractivity contribution >= 4 is 17.8 Å². The smallest absolute Gasteiger partial charge is 1.00 e. The minimum Gasteiger partial charge on any atom is -1.00 e. The number of hydrogen-bond donors (Lipinski definition) is 1. The summed E-state index contributed by atoms with van der Waals surface area (Å²) in [5.74, 6) is 0.558. The van der Waals surface area contributed by atoms with Crippen LogP contribution in [0, 0.1) is 14.2 Å². The van der Waals surface area contributed by atoms with Gasteiger partial charge in [-0.1, -0.05) is 27.7 Å². The zero-order valence-electron chi connectivity index (χ0n) is 17.5. The van der Waals surface area contributed by atoms with Crippen LogP contribution in [-0.2, 0) is 0 Å². The van der Waals surface area contributed by atoms with Gasteiger partial charge >= 0.3 is 349 Å². The maximum absolute atomic E-state index is 12.1. The molecule has 1 aromatic rings. The summed E-state index contributed by atoms with van der Waals surface area (Å²) in [6.45, 7) is 8.49. The molecular formula is C11H21FN4Rb6+4. The molecule has 0 radical (unpaired) electrons. The number of aliphatic imine (C=N–C) groups is 1. The molecule has 0 saturated carbocycles. The van der Waals surface area contributed by atoms with E-state index in [1.54, 1.807) is 6.20 Å². The van der Waals surface area contributed by atoms with Gasteiger partial charge in [-0.25, -0.2) is 4.98 Å². The minimum absolute atomic E-state index is 0. The maximum Gasteiger partial charge on any atom is 1.00 e. The fourth-order valence-electron chi connectivity index (χ4n) is 0.919. The molecule has 0 saturated heterocycles. The van der Waals surface area contributed by atoms with E-state index in [-0.39, 0.29) is 358 Å². The standard InChI is InChI=1S/C6H5FN4.2C2H6.CH3.6Rb.H/c7-2-11-4-10-5-1-8-3-9-6(5)11;2*1-2;;;;;;;;/h1-4,11H;2*1-2H3;1H3;;;;;;;/q;;;-1;6*+1;-1. The summed E-state index contributed by atoms with van der Waals surface area (Å²) >= 11 is 0. The number of fused-ring (bicyclic) bond motifs is 1. The number of hydrogen-bond acceptors (Lipinski definition) is 3. The molecule has 1 aliphatic heterocycles. The summed E-state index contributed by atoms with van der Waals surface area (Å²) in [5, 5.41) is 0. The van der Waals surface area contributed by atoms with Gasteiger partial charge < -0.3 is 18.1 Å². The molecule has 1 aliphatic rings. The molecule has 1 aromatic heterocycles. The van der Waals surface area contributed by atoms with Crippen molar-refractivity contribution in [2.24, 2.45) is 4.99 Å². The zero-order chi connectivity index (χ0) is 11.7. The largest absolute Gasteiger partial charge is 1.00 e. The van der Waals surface area contributed by atoms with Crippen molar-refractivity contribution in [3.63, 3.8) is 0 Å². The van der Waals surface area contributed by atoms with E-state index in [1.807, 2.05) is 27.7 Å². The molecule has 0 bridgehead atoms. The molecule has 2 heterocycles. The van der Waals surface area contributed by atoms with Crippen molar-refractivity contribution in [1.82, 2.24) is 9.97 Å². The van der Waals surface area contributed by atoms with Crippen molar-refractivity contribution in [3.05, 3.63) is 26.7 Å². The second kappa shape index (κ2) is 40.8. The predicted octanol–water partition coefficient (Wildman–Crippen LogP) is -15.6. The van der Waals surface area contributed by atoms with E-state index < -0.39 is 0 Å². The Hall–Kier alpha value is 9.47. The number of quaternary nitrogens is 1. The quantitative estimate of drug-likeness (QED) is 0.230. The summed E-state index contributed by atoms with van der Waals surface area (Å²) in [5.41, 5.74) is 0.622. The van der Waals surface area contributed by atoms with Gasteiger partial charge in [0.2, 0.25) is 5.82 Å². The molecule has 1 atom stereocenters. The van der Waals surface area contributed by atoms with E-state index >= 15 is 0 Å². The summed E-state index contributed by atoms with van der Waals surface area (Å²) in [7, 11) is 0. The van der Waals surface area contributed by atoms with Crippen LogP contribution in [0.5, 0.6) is 0 Å². The molecule has 11 heteroatoms.